The van der Waals surface area contributed by atoms with Crippen LogP contribution in [0.3, 0.4) is 0 Å². The Kier molecular flexibility index (Phi) is 4.56. The number of likely N-dealkylation sites (tertiary alicyclic amines) is 1. The lowest BCUT2D eigenvalue weighted by molar-refractivity contribution is -0.130. The number of carbonyl (C=O) groups is 1. The Morgan fingerprint density at radius 2 is 2.28 bits per heavy atom. The van der Waals surface area contributed by atoms with Gasteiger partial charge in [0, 0.05) is 37.1 Å². The van der Waals surface area contributed by atoms with Gasteiger partial charge < -0.3 is 10.6 Å². The quantitative estimate of drug-likeness (QED) is 0.870. The molecule has 1 aliphatic carbocycles. The van der Waals surface area contributed by atoms with Crippen LogP contribution in [0.2, 0.25) is 0 Å². The van der Waals surface area contributed by atoms with E-state index in [-0.39, 0.29) is 5.91 Å². The highest BCUT2D eigenvalue weighted by atomic mass is 32.1. The van der Waals surface area contributed by atoms with Crippen LogP contribution in [0.4, 0.5) is 5.13 Å². The van der Waals surface area contributed by atoms with Gasteiger partial charge in [0.25, 0.3) is 0 Å². The van der Waals surface area contributed by atoms with Gasteiger partial charge in [-0.05, 0) is 60.2 Å². The fourth-order valence-electron chi connectivity index (χ4n) is 4.10. The minimum atomic E-state index is 0.204. The molecule has 1 amide bonds. The van der Waals surface area contributed by atoms with E-state index in [2.05, 4.69) is 31.6 Å². The van der Waals surface area contributed by atoms with Crippen molar-refractivity contribution in [3.05, 3.63) is 33.5 Å². The van der Waals surface area contributed by atoms with E-state index in [4.69, 9.17) is 5.73 Å². The number of nitrogen functional groups attached to an aromatic ring is 1. The van der Waals surface area contributed by atoms with Gasteiger partial charge in [0.2, 0.25) is 5.91 Å². The number of nitrogens with zero attached hydrogens (tertiary/aromatic N) is 3. The van der Waals surface area contributed by atoms with Crippen LogP contribution in [0.1, 0.15) is 36.6 Å². The molecule has 1 atom stereocenters. The number of hydrogen-bond donors (Lipinski definition) is 1. The van der Waals surface area contributed by atoms with Crippen LogP contribution in [0.5, 0.6) is 0 Å². The number of rotatable bonds is 5. The van der Waals surface area contributed by atoms with Crippen molar-refractivity contribution in [3.8, 4) is 0 Å². The SMILES string of the molecule is CC(=O)N(Cc1ccsc1)C1CC12CCN(Cc1cnc(N)s1)CC2. The van der Waals surface area contributed by atoms with Crippen molar-refractivity contribution in [1.82, 2.24) is 14.8 Å². The second-order valence-electron chi connectivity index (χ2n) is 7.30. The smallest absolute Gasteiger partial charge is 0.220 e. The molecule has 3 heterocycles. The van der Waals surface area contributed by atoms with Crippen molar-refractivity contribution >= 4 is 33.7 Å². The molecule has 2 N–H and O–H groups in total. The first-order valence-electron chi connectivity index (χ1n) is 8.77. The van der Waals surface area contributed by atoms with Gasteiger partial charge in [-0.3, -0.25) is 9.69 Å². The highest BCUT2D eigenvalue weighted by Gasteiger charge is 2.58. The van der Waals surface area contributed by atoms with Gasteiger partial charge in [-0.2, -0.15) is 11.3 Å². The molecule has 1 saturated heterocycles. The molecule has 1 saturated carbocycles. The van der Waals surface area contributed by atoms with Crippen LogP contribution in [0.15, 0.2) is 23.0 Å². The van der Waals surface area contributed by atoms with Crippen LogP contribution in [-0.4, -0.2) is 39.8 Å². The Balaban J connectivity index is 1.34. The average Bonchev–Trinajstić information content (AvgIpc) is 2.94. The van der Waals surface area contributed by atoms with Crippen molar-refractivity contribution in [2.24, 2.45) is 5.41 Å². The van der Waals surface area contributed by atoms with Crippen molar-refractivity contribution < 1.29 is 4.79 Å². The molecule has 4 rings (SSSR count). The van der Waals surface area contributed by atoms with E-state index in [1.165, 1.54) is 23.3 Å². The molecular formula is C18H24N4OS2. The van der Waals surface area contributed by atoms with Crippen LogP contribution in [0, 0.1) is 5.41 Å². The lowest BCUT2D eigenvalue weighted by atomic mass is 9.92. The number of thiazole rings is 1. The molecule has 0 bridgehead atoms. The summed E-state index contributed by atoms with van der Waals surface area (Å²) in [6.45, 7) is 5.61. The second kappa shape index (κ2) is 6.70. The molecule has 1 spiro atoms. The van der Waals surface area contributed by atoms with Crippen molar-refractivity contribution in [2.45, 2.75) is 45.3 Å². The van der Waals surface area contributed by atoms with Gasteiger partial charge in [-0.1, -0.05) is 0 Å². The van der Waals surface area contributed by atoms with Crippen LogP contribution >= 0.6 is 22.7 Å². The molecule has 134 valence electrons. The Morgan fingerprint density at radius 1 is 1.48 bits per heavy atom. The fourth-order valence-corrected chi connectivity index (χ4v) is 5.48. The van der Waals surface area contributed by atoms with E-state index in [1.54, 1.807) is 29.6 Å². The molecule has 25 heavy (non-hydrogen) atoms. The van der Waals surface area contributed by atoms with Crippen LogP contribution in [0.25, 0.3) is 0 Å². The average molecular weight is 377 g/mol. The summed E-state index contributed by atoms with van der Waals surface area (Å²) in [6, 6.07) is 2.55. The first-order valence-corrected chi connectivity index (χ1v) is 10.5. The van der Waals surface area contributed by atoms with Gasteiger partial charge in [0.15, 0.2) is 5.13 Å². The molecule has 0 radical (unpaired) electrons. The fraction of sp³-hybridized carbons (Fsp3) is 0.556. The van der Waals surface area contributed by atoms with Crippen LogP contribution in [-0.2, 0) is 17.9 Å². The number of aromatic nitrogens is 1. The summed E-state index contributed by atoms with van der Waals surface area (Å²) in [5.74, 6) is 0.204. The molecule has 7 heteroatoms. The maximum atomic E-state index is 12.2. The minimum Gasteiger partial charge on any atom is -0.375 e. The zero-order valence-corrected chi connectivity index (χ0v) is 16.1. The zero-order valence-electron chi connectivity index (χ0n) is 14.5. The zero-order chi connectivity index (χ0) is 17.4. The molecule has 1 unspecified atom stereocenters. The van der Waals surface area contributed by atoms with Crippen LogP contribution < -0.4 is 5.73 Å². The number of amides is 1. The molecule has 2 aromatic rings. The highest BCUT2D eigenvalue weighted by Crippen LogP contribution is 2.57. The molecule has 2 fully saturated rings. The van der Waals surface area contributed by atoms with E-state index in [0.29, 0.717) is 16.6 Å². The van der Waals surface area contributed by atoms with Gasteiger partial charge >= 0.3 is 0 Å². The Morgan fingerprint density at radius 3 is 2.88 bits per heavy atom. The number of hydrogen-bond acceptors (Lipinski definition) is 6. The lowest BCUT2D eigenvalue weighted by Gasteiger charge is -2.34. The maximum Gasteiger partial charge on any atom is 0.220 e. The largest absolute Gasteiger partial charge is 0.375 e. The summed E-state index contributed by atoms with van der Waals surface area (Å²) in [5, 5.41) is 4.88. The number of thiophene rings is 1. The van der Waals surface area contributed by atoms with E-state index in [9.17, 15) is 4.79 Å². The monoisotopic (exact) mass is 376 g/mol. The summed E-state index contributed by atoms with van der Waals surface area (Å²) in [4.78, 5) is 22.2. The normalized spacial score (nSPS) is 22.2. The van der Waals surface area contributed by atoms with Gasteiger partial charge in [-0.25, -0.2) is 4.98 Å². The standard InChI is InChI=1S/C18H24N4OS2/c1-13(23)22(10-14-2-7-24-12-14)16-8-18(16)3-5-21(6-4-18)11-15-9-20-17(19)25-15/h2,7,9,12,16H,3-6,8,10-11H2,1H3,(H2,19,20). The highest BCUT2D eigenvalue weighted by molar-refractivity contribution is 7.15. The maximum absolute atomic E-state index is 12.2. The molecule has 5 nitrogen and oxygen atoms in total. The predicted molar refractivity (Wildman–Crippen MR) is 102 cm³/mol. The molecular weight excluding hydrogens is 352 g/mol. The third-order valence-corrected chi connectivity index (χ3v) is 7.21. The first-order chi connectivity index (χ1) is 12.1. The topological polar surface area (TPSA) is 62.5 Å². The Hall–Kier alpha value is -1.44. The summed E-state index contributed by atoms with van der Waals surface area (Å²) in [7, 11) is 0. The summed E-state index contributed by atoms with van der Waals surface area (Å²) >= 11 is 3.28. The molecule has 0 aromatic carbocycles. The first kappa shape index (κ1) is 17.0. The Bertz CT molecular complexity index is 734. The minimum absolute atomic E-state index is 0.204. The van der Waals surface area contributed by atoms with Crippen molar-refractivity contribution in [2.75, 3.05) is 18.8 Å². The lowest BCUT2D eigenvalue weighted by Crippen LogP contribution is -2.39. The number of anilines is 1. The number of nitrogens with two attached hydrogens (primary N) is 1. The summed E-state index contributed by atoms with van der Waals surface area (Å²) in [5.41, 5.74) is 7.33. The predicted octanol–water partition coefficient (Wildman–Crippen LogP) is 3.19. The number of carbonyl (C=O) groups excluding carboxylic acids is 1. The van der Waals surface area contributed by atoms with Crippen molar-refractivity contribution in [1.29, 1.82) is 0 Å². The van der Waals surface area contributed by atoms with E-state index < -0.39 is 0 Å². The van der Waals surface area contributed by atoms with Gasteiger partial charge in [-0.15, -0.1) is 11.3 Å². The molecule has 1 aliphatic heterocycles. The van der Waals surface area contributed by atoms with Gasteiger partial charge in [0.1, 0.15) is 0 Å². The third-order valence-electron chi connectivity index (χ3n) is 5.66. The summed E-state index contributed by atoms with van der Waals surface area (Å²) < 4.78 is 0. The summed E-state index contributed by atoms with van der Waals surface area (Å²) in [6.07, 6.45) is 5.42. The van der Waals surface area contributed by atoms with Crippen molar-refractivity contribution in [3.63, 3.8) is 0 Å². The Labute approximate surface area is 156 Å². The molecule has 2 aliphatic rings. The van der Waals surface area contributed by atoms with E-state index in [1.807, 2.05) is 6.20 Å². The third kappa shape index (κ3) is 3.59. The van der Waals surface area contributed by atoms with E-state index in [0.717, 1.165) is 32.6 Å². The number of piperidine rings is 1. The molecule has 2 aromatic heterocycles. The van der Waals surface area contributed by atoms with E-state index >= 15 is 0 Å². The van der Waals surface area contributed by atoms with Gasteiger partial charge in [0.05, 0.1) is 0 Å². The second-order valence-corrected chi connectivity index (χ2v) is 9.23.